The molecule has 0 aliphatic rings. The molecule has 1 aromatic heterocycles. The van der Waals surface area contributed by atoms with Gasteiger partial charge in [0.1, 0.15) is 5.69 Å². The van der Waals surface area contributed by atoms with E-state index >= 15 is 0 Å². The number of halogens is 1. The minimum absolute atomic E-state index is 0.204. The highest BCUT2D eigenvalue weighted by Crippen LogP contribution is 2.22. The molecule has 0 atom stereocenters. The molecule has 0 bridgehead atoms. The van der Waals surface area contributed by atoms with Gasteiger partial charge in [-0.1, -0.05) is 29.8 Å². The number of nitrogens with zero attached hydrogens (tertiary/aromatic N) is 3. The third-order valence-corrected chi connectivity index (χ3v) is 3.99. The van der Waals surface area contributed by atoms with Gasteiger partial charge in [0.15, 0.2) is 0 Å². The van der Waals surface area contributed by atoms with Crippen molar-refractivity contribution < 1.29 is 4.79 Å². The summed E-state index contributed by atoms with van der Waals surface area (Å²) < 4.78 is 0. The molecule has 0 unspecified atom stereocenters. The smallest absolute Gasteiger partial charge is 0.276 e. The van der Waals surface area contributed by atoms with E-state index in [9.17, 15) is 4.79 Å². The van der Waals surface area contributed by atoms with E-state index in [0.717, 1.165) is 16.9 Å². The maximum absolute atomic E-state index is 12.7. The topological polar surface area (TPSA) is 58.1 Å². The lowest BCUT2D eigenvalue weighted by Crippen LogP contribution is -2.27. The molecule has 0 aliphatic carbocycles. The van der Waals surface area contributed by atoms with Crippen LogP contribution in [0.5, 0.6) is 0 Å². The summed E-state index contributed by atoms with van der Waals surface area (Å²) >= 11 is 5.97. The van der Waals surface area contributed by atoms with Crippen LogP contribution < -0.4 is 10.2 Å². The molecular formula is C19H17ClN4O. The molecule has 0 saturated carbocycles. The Morgan fingerprint density at radius 2 is 1.88 bits per heavy atom. The number of rotatable bonds is 4. The van der Waals surface area contributed by atoms with Gasteiger partial charge in [-0.15, -0.1) is 0 Å². The first-order valence-electron chi connectivity index (χ1n) is 7.74. The lowest BCUT2D eigenvalue weighted by Gasteiger charge is -2.17. The fourth-order valence-electron chi connectivity index (χ4n) is 2.37. The number of para-hydroxylation sites is 1. The highest BCUT2D eigenvalue weighted by atomic mass is 35.5. The Bertz CT molecular complexity index is 899. The molecule has 1 amide bonds. The molecular weight excluding hydrogens is 336 g/mol. The number of carbonyl (C=O) groups is 1. The van der Waals surface area contributed by atoms with E-state index in [-0.39, 0.29) is 5.91 Å². The van der Waals surface area contributed by atoms with Crippen molar-refractivity contribution in [2.24, 2.45) is 0 Å². The standard InChI is InChI=1S/C19H17ClN4O/c1-13-12-14(20)8-9-16(13)22-19-21-11-10-17(23-19)18(25)24(2)15-6-4-3-5-7-15/h3-12H,1-2H3,(H,21,22,23). The summed E-state index contributed by atoms with van der Waals surface area (Å²) in [4.78, 5) is 22.7. The molecule has 0 aliphatic heterocycles. The number of nitrogens with one attached hydrogen (secondary N) is 1. The van der Waals surface area contributed by atoms with E-state index in [0.29, 0.717) is 16.7 Å². The van der Waals surface area contributed by atoms with Gasteiger partial charge in [0.2, 0.25) is 5.95 Å². The Morgan fingerprint density at radius 3 is 2.60 bits per heavy atom. The second kappa shape index (κ2) is 7.32. The average Bonchev–Trinajstić information content (AvgIpc) is 2.64. The van der Waals surface area contributed by atoms with Gasteiger partial charge in [-0.05, 0) is 48.9 Å². The van der Waals surface area contributed by atoms with Crippen LogP contribution >= 0.6 is 11.6 Å². The largest absolute Gasteiger partial charge is 0.324 e. The normalized spacial score (nSPS) is 10.4. The minimum Gasteiger partial charge on any atom is -0.324 e. The van der Waals surface area contributed by atoms with Crippen LogP contribution in [-0.2, 0) is 0 Å². The number of anilines is 3. The number of aryl methyl sites for hydroxylation is 1. The number of aromatic nitrogens is 2. The molecule has 6 heteroatoms. The third kappa shape index (κ3) is 3.95. The predicted molar refractivity (Wildman–Crippen MR) is 101 cm³/mol. The van der Waals surface area contributed by atoms with E-state index in [1.54, 1.807) is 30.3 Å². The monoisotopic (exact) mass is 352 g/mol. The highest BCUT2D eigenvalue weighted by Gasteiger charge is 2.15. The van der Waals surface area contributed by atoms with Crippen molar-refractivity contribution in [3.63, 3.8) is 0 Å². The summed E-state index contributed by atoms with van der Waals surface area (Å²) in [7, 11) is 1.72. The van der Waals surface area contributed by atoms with E-state index in [1.807, 2.05) is 49.4 Å². The van der Waals surface area contributed by atoms with E-state index in [2.05, 4.69) is 15.3 Å². The van der Waals surface area contributed by atoms with Crippen LogP contribution in [0.15, 0.2) is 60.8 Å². The van der Waals surface area contributed by atoms with Gasteiger partial charge in [-0.2, -0.15) is 0 Å². The van der Waals surface area contributed by atoms with E-state index in [4.69, 9.17) is 11.6 Å². The molecule has 3 aromatic rings. The summed E-state index contributed by atoms with van der Waals surface area (Å²) in [5.74, 6) is 0.155. The molecule has 3 rings (SSSR count). The molecule has 5 nitrogen and oxygen atoms in total. The number of hydrogen-bond donors (Lipinski definition) is 1. The van der Waals surface area contributed by atoms with Crippen LogP contribution in [0.2, 0.25) is 5.02 Å². The molecule has 126 valence electrons. The van der Waals surface area contributed by atoms with Gasteiger partial charge >= 0.3 is 0 Å². The Balaban J connectivity index is 1.82. The van der Waals surface area contributed by atoms with Gasteiger partial charge in [0, 0.05) is 29.6 Å². The van der Waals surface area contributed by atoms with Crippen LogP contribution in [0.25, 0.3) is 0 Å². The Hall–Kier alpha value is -2.92. The summed E-state index contributed by atoms with van der Waals surface area (Å²) in [5.41, 5.74) is 2.92. The van der Waals surface area contributed by atoms with Gasteiger partial charge in [-0.25, -0.2) is 9.97 Å². The molecule has 0 radical (unpaired) electrons. The maximum Gasteiger partial charge on any atom is 0.276 e. The minimum atomic E-state index is -0.204. The Morgan fingerprint density at radius 1 is 1.12 bits per heavy atom. The van der Waals surface area contributed by atoms with Gasteiger partial charge in [0.25, 0.3) is 5.91 Å². The molecule has 0 saturated heterocycles. The van der Waals surface area contributed by atoms with Crippen molar-refractivity contribution in [2.75, 3.05) is 17.3 Å². The molecule has 0 spiro atoms. The fourth-order valence-corrected chi connectivity index (χ4v) is 2.59. The Labute approximate surface area is 151 Å². The zero-order valence-corrected chi connectivity index (χ0v) is 14.7. The van der Waals surface area contributed by atoms with Crippen LogP contribution in [0, 0.1) is 6.92 Å². The van der Waals surface area contributed by atoms with Crippen LogP contribution in [0.4, 0.5) is 17.3 Å². The van der Waals surface area contributed by atoms with Crippen molar-refractivity contribution >= 4 is 34.8 Å². The van der Waals surface area contributed by atoms with Gasteiger partial charge in [-0.3, -0.25) is 4.79 Å². The van der Waals surface area contributed by atoms with Crippen LogP contribution in [-0.4, -0.2) is 22.9 Å². The first-order valence-corrected chi connectivity index (χ1v) is 8.12. The van der Waals surface area contributed by atoms with Gasteiger partial charge < -0.3 is 10.2 Å². The number of amides is 1. The van der Waals surface area contributed by atoms with Crippen molar-refractivity contribution in [1.29, 1.82) is 0 Å². The Kier molecular flexibility index (Phi) is 4.95. The zero-order chi connectivity index (χ0) is 17.8. The second-order valence-electron chi connectivity index (χ2n) is 5.55. The molecule has 25 heavy (non-hydrogen) atoms. The average molecular weight is 353 g/mol. The summed E-state index contributed by atoms with van der Waals surface area (Å²) in [6.45, 7) is 1.94. The van der Waals surface area contributed by atoms with E-state index < -0.39 is 0 Å². The first kappa shape index (κ1) is 16.9. The molecule has 0 fully saturated rings. The number of hydrogen-bond acceptors (Lipinski definition) is 4. The van der Waals surface area contributed by atoms with Gasteiger partial charge in [0.05, 0.1) is 0 Å². The van der Waals surface area contributed by atoms with Crippen molar-refractivity contribution in [2.45, 2.75) is 6.92 Å². The van der Waals surface area contributed by atoms with E-state index in [1.165, 1.54) is 0 Å². The van der Waals surface area contributed by atoms with Crippen molar-refractivity contribution in [3.8, 4) is 0 Å². The molecule has 1 N–H and O–H groups in total. The molecule has 2 aromatic carbocycles. The lowest BCUT2D eigenvalue weighted by atomic mass is 10.2. The third-order valence-electron chi connectivity index (χ3n) is 3.76. The molecule has 1 heterocycles. The first-order chi connectivity index (χ1) is 12.0. The number of carbonyl (C=O) groups excluding carboxylic acids is 1. The lowest BCUT2D eigenvalue weighted by molar-refractivity contribution is 0.0988. The van der Waals surface area contributed by atoms with Crippen molar-refractivity contribution in [3.05, 3.63) is 77.1 Å². The predicted octanol–water partition coefficient (Wildman–Crippen LogP) is 4.46. The number of benzene rings is 2. The summed E-state index contributed by atoms with van der Waals surface area (Å²) in [6, 6.07) is 16.5. The quantitative estimate of drug-likeness (QED) is 0.753. The summed E-state index contributed by atoms with van der Waals surface area (Å²) in [5, 5.41) is 3.79. The highest BCUT2D eigenvalue weighted by molar-refractivity contribution is 6.30. The maximum atomic E-state index is 12.7. The summed E-state index contributed by atoms with van der Waals surface area (Å²) in [6.07, 6.45) is 1.56. The zero-order valence-electron chi connectivity index (χ0n) is 13.9. The van der Waals surface area contributed by atoms with Crippen molar-refractivity contribution in [1.82, 2.24) is 9.97 Å². The van der Waals surface area contributed by atoms with Crippen LogP contribution in [0.1, 0.15) is 16.1 Å². The second-order valence-corrected chi connectivity index (χ2v) is 5.99. The van der Waals surface area contributed by atoms with Crippen LogP contribution in [0.3, 0.4) is 0 Å². The SMILES string of the molecule is Cc1cc(Cl)ccc1Nc1nccc(C(=O)N(C)c2ccccc2)n1. The fraction of sp³-hybridized carbons (Fsp3) is 0.105.